The molecule has 24 heavy (non-hydrogen) atoms. The summed E-state index contributed by atoms with van der Waals surface area (Å²) < 4.78 is 5.56. The molecule has 3 aromatic rings. The summed E-state index contributed by atoms with van der Waals surface area (Å²) >= 11 is 6.12. The van der Waals surface area contributed by atoms with Crippen molar-refractivity contribution in [2.24, 2.45) is 0 Å². The number of nitrogens with one attached hydrogen (secondary N) is 1. The topological polar surface area (TPSA) is 75.4 Å². The molecule has 5 nitrogen and oxygen atoms in total. The van der Waals surface area contributed by atoms with Crippen LogP contribution in [-0.2, 0) is 0 Å². The van der Waals surface area contributed by atoms with Crippen molar-refractivity contribution in [3.8, 4) is 11.3 Å². The molecule has 0 aliphatic carbocycles. The summed E-state index contributed by atoms with van der Waals surface area (Å²) in [6, 6.07) is 15.7. The van der Waals surface area contributed by atoms with Crippen LogP contribution in [0.3, 0.4) is 0 Å². The van der Waals surface area contributed by atoms with Gasteiger partial charge in [0, 0.05) is 18.3 Å². The monoisotopic (exact) mass is 342 g/mol. The van der Waals surface area contributed by atoms with Crippen LogP contribution in [0.4, 0.5) is 0 Å². The summed E-state index contributed by atoms with van der Waals surface area (Å²) in [5, 5.41) is 13.2. The van der Waals surface area contributed by atoms with Crippen molar-refractivity contribution in [1.29, 1.82) is 0 Å². The van der Waals surface area contributed by atoms with Crippen LogP contribution in [0.5, 0.6) is 0 Å². The molecule has 0 saturated heterocycles. The maximum atomic E-state index is 12.1. The highest BCUT2D eigenvalue weighted by atomic mass is 35.5. The zero-order chi connectivity index (χ0) is 16.9. The van der Waals surface area contributed by atoms with E-state index in [-0.39, 0.29) is 12.3 Å². The Balaban J connectivity index is 1.65. The van der Waals surface area contributed by atoms with E-state index in [1.165, 1.54) is 0 Å². The number of hydrogen-bond donors (Lipinski definition) is 2. The van der Waals surface area contributed by atoms with Gasteiger partial charge >= 0.3 is 0 Å². The largest absolute Gasteiger partial charge is 0.451 e. The second-order valence-corrected chi connectivity index (χ2v) is 5.53. The molecule has 0 aliphatic heterocycles. The van der Waals surface area contributed by atoms with Crippen molar-refractivity contribution >= 4 is 17.5 Å². The lowest BCUT2D eigenvalue weighted by molar-refractivity contribution is 0.0887. The van der Waals surface area contributed by atoms with E-state index in [2.05, 4.69) is 10.3 Å². The smallest absolute Gasteiger partial charge is 0.287 e. The Morgan fingerprint density at radius 1 is 1.17 bits per heavy atom. The second-order valence-electron chi connectivity index (χ2n) is 5.12. The van der Waals surface area contributed by atoms with Gasteiger partial charge in [0.05, 0.1) is 10.7 Å². The third-order valence-corrected chi connectivity index (χ3v) is 3.78. The van der Waals surface area contributed by atoms with E-state index in [9.17, 15) is 9.90 Å². The minimum absolute atomic E-state index is 0.0397. The molecule has 2 heterocycles. The molecule has 0 radical (unpaired) electrons. The predicted molar refractivity (Wildman–Crippen MR) is 90.7 cm³/mol. The minimum atomic E-state index is -0.881. The lowest BCUT2D eigenvalue weighted by atomic mass is 10.2. The first-order valence-corrected chi connectivity index (χ1v) is 7.75. The fraction of sp³-hybridized carbons (Fsp3) is 0.111. The molecular formula is C18H15ClN2O3. The summed E-state index contributed by atoms with van der Waals surface area (Å²) in [5.41, 5.74) is 1.21. The average Bonchev–Trinajstić information content (AvgIpc) is 3.10. The highest BCUT2D eigenvalue weighted by Crippen LogP contribution is 2.29. The molecule has 1 aromatic carbocycles. The molecule has 2 aromatic heterocycles. The Morgan fingerprint density at radius 3 is 2.71 bits per heavy atom. The molecule has 1 amide bonds. The number of rotatable bonds is 5. The van der Waals surface area contributed by atoms with Gasteiger partial charge < -0.3 is 14.8 Å². The van der Waals surface area contributed by atoms with E-state index < -0.39 is 12.0 Å². The van der Waals surface area contributed by atoms with Crippen molar-refractivity contribution in [2.45, 2.75) is 6.10 Å². The number of halogens is 1. The molecule has 1 unspecified atom stereocenters. The second kappa shape index (κ2) is 7.29. The summed E-state index contributed by atoms with van der Waals surface area (Å²) in [7, 11) is 0. The first-order valence-electron chi connectivity index (χ1n) is 7.37. The molecule has 0 bridgehead atoms. The molecule has 6 heteroatoms. The Hall–Kier alpha value is -2.63. The van der Waals surface area contributed by atoms with E-state index in [4.69, 9.17) is 16.0 Å². The summed E-state index contributed by atoms with van der Waals surface area (Å²) in [4.78, 5) is 16.2. The van der Waals surface area contributed by atoms with Gasteiger partial charge in [-0.05, 0) is 36.4 Å². The number of amides is 1. The number of benzene rings is 1. The van der Waals surface area contributed by atoms with Crippen LogP contribution in [0.15, 0.2) is 65.2 Å². The van der Waals surface area contributed by atoms with E-state index in [1.807, 2.05) is 18.2 Å². The molecule has 0 spiro atoms. The highest BCUT2D eigenvalue weighted by Gasteiger charge is 2.16. The number of aliphatic hydroxyl groups excluding tert-OH is 1. The molecule has 0 saturated carbocycles. The molecule has 0 aliphatic rings. The number of furan rings is 1. The maximum Gasteiger partial charge on any atom is 0.287 e. The summed E-state index contributed by atoms with van der Waals surface area (Å²) in [5.74, 6) is 0.248. The van der Waals surface area contributed by atoms with Gasteiger partial charge in [-0.3, -0.25) is 9.78 Å². The number of hydrogen-bond acceptors (Lipinski definition) is 4. The van der Waals surface area contributed by atoms with Crippen LogP contribution in [0, 0.1) is 0 Å². The molecule has 2 N–H and O–H groups in total. The van der Waals surface area contributed by atoms with Gasteiger partial charge in [0.2, 0.25) is 0 Å². The number of carbonyl (C=O) groups excluding carboxylic acids is 1. The van der Waals surface area contributed by atoms with E-state index in [1.54, 1.807) is 42.6 Å². The Morgan fingerprint density at radius 2 is 1.96 bits per heavy atom. The number of nitrogens with zero attached hydrogens (tertiary/aromatic N) is 1. The molecule has 3 rings (SSSR count). The summed E-state index contributed by atoms with van der Waals surface area (Å²) in [6.45, 7) is 0.0397. The van der Waals surface area contributed by atoms with Gasteiger partial charge in [-0.1, -0.05) is 29.8 Å². The number of carbonyl (C=O) groups is 1. The Labute approximate surface area is 143 Å². The van der Waals surface area contributed by atoms with E-state index in [0.29, 0.717) is 22.0 Å². The third kappa shape index (κ3) is 3.64. The number of aliphatic hydroxyl groups is 1. The standard InChI is InChI=1S/C18H15ClN2O3/c19-13-6-2-1-5-12(13)16-8-9-17(24-16)18(23)21-11-15(22)14-7-3-4-10-20-14/h1-10,15,22H,11H2,(H,21,23). The van der Waals surface area contributed by atoms with Crippen molar-refractivity contribution < 1.29 is 14.3 Å². The van der Waals surface area contributed by atoms with Gasteiger partial charge in [-0.15, -0.1) is 0 Å². The lowest BCUT2D eigenvalue weighted by Gasteiger charge is -2.10. The lowest BCUT2D eigenvalue weighted by Crippen LogP contribution is -2.28. The highest BCUT2D eigenvalue weighted by molar-refractivity contribution is 6.33. The molecule has 0 fully saturated rings. The quantitative estimate of drug-likeness (QED) is 0.744. The van der Waals surface area contributed by atoms with Crippen LogP contribution >= 0.6 is 11.6 Å². The normalized spacial score (nSPS) is 11.9. The van der Waals surface area contributed by atoms with Gasteiger partial charge in [-0.2, -0.15) is 0 Å². The van der Waals surface area contributed by atoms with E-state index in [0.717, 1.165) is 0 Å². The van der Waals surface area contributed by atoms with Gasteiger partial charge in [-0.25, -0.2) is 0 Å². The van der Waals surface area contributed by atoms with Crippen LogP contribution in [0.1, 0.15) is 22.4 Å². The Bertz CT molecular complexity index is 833. The maximum absolute atomic E-state index is 12.1. The number of aromatic nitrogens is 1. The minimum Gasteiger partial charge on any atom is -0.451 e. The number of pyridine rings is 1. The zero-order valence-electron chi connectivity index (χ0n) is 12.6. The van der Waals surface area contributed by atoms with Crippen LogP contribution in [0.2, 0.25) is 5.02 Å². The van der Waals surface area contributed by atoms with Crippen LogP contribution in [0.25, 0.3) is 11.3 Å². The predicted octanol–water partition coefficient (Wildman–Crippen LogP) is 3.46. The van der Waals surface area contributed by atoms with E-state index >= 15 is 0 Å². The van der Waals surface area contributed by atoms with Gasteiger partial charge in [0.25, 0.3) is 5.91 Å². The van der Waals surface area contributed by atoms with Crippen molar-refractivity contribution in [3.05, 3.63) is 77.3 Å². The van der Waals surface area contributed by atoms with Crippen molar-refractivity contribution in [1.82, 2.24) is 10.3 Å². The fourth-order valence-electron chi connectivity index (χ4n) is 2.22. The first-order chi connectivity index (χ1) is 11.6. The van der Waals surface area contributed by atoms with Gasteiger partial charge in [0.1, 0.15) is 11.9 Å². The SMILES string of the molecule is O=C(NCC(O)c1ccccn1)c1ccc(-c2ccccc2Cl)o1. The molecule has 1 atom stereocenters. The zero-order valence-corrected chi connectivity index (χ0v) is 13.4. The first kappa shape index (κ1) is 16.2. The Kier molecular flexibility index (Phi) is 4.93. The summed E-state index contributed by atoms with van der Waals surface area (Å²) in [6.07, 6.45) is 0.705. The van der Waals surface area contributed by atoms with Crippen LogP contribution < -0.4 is 5.32 Å². The average molecular weight is 343 g/mol. The fourth-order valence-corrected chi connectivity index (χ4v) is 2.45. The third-order valence-electron chi connectivity index (χ3n) is 3.45. The van der Waals surface area contributed by atoms with Crippen molar-refractivity contribution in [3.63, 3.8) is 0 Å². The van der Waals surface area contributed by atoms with Crippen LogP contribution in [-0.4, -0.2) is 22.5 Å². The van der Waals surface area contributed by atoms with Crippen molar-refractivity contribution in [2.75, 3.05) is 6.54 Å². The molecular weight excluding hydrogens is 328 g/mol. The van der Waals surface area contributed by atoms with Gasteiger partial charge in [0.15, 0.2) is 5.76 Å². The molecule has 122 valence electrons.